The van der Waals surface area contributed by atoms with Gasteiger partial charge in [0.25, 0.3) is 5.91 Å². The van der Waals surface area contributed by atoms with E-state index < -0.39 is 6.10 Å². The van der Waals surface area contributed by atoms with Crippen LogP contribution in [0.3, 0.4) is 0 Å². The molecule has 0 bridgehead atoms. The second kappa shape index (κ2) is 9.00. The Morgan fingerprint density at radius 2 is 2.00 bits per heavy atom. The Hall–Kier alpha value is -3.12. The Morgan fingerprint density at radius 1 is 1.19 bits per heavy atom. The van der Waals surface area contributed by atoms with Crippen molar-refractivity contribution in [1.82, 2.24) is 15.1 Å². The number of amides is 1. The number of rotatable bonds is 8. The Morgan fingerprint density at radius 3 is 2.70 bits per heavy atom. The Bertz CT molecular complexity index is 850. The van der Waals surface area contributed by atoms with Gasteiger partial charge in [-0.25, -0.2) is 0 Å². The van der Waals surface area contributed by atoms with Crippen LogP contribution >= 0.6 is 0 Å². The van der Waals surface area contributed by atoms with Gasteiger partial charge in [0.1, 0.15) is 18.5 Å². The van der Waals surface area contributed by atoms with Gasteiger partial charge < -0.3 is 14.7 Å². The molecule has 27 heavy (non-hydrogen) atoms. The SMILES string of the molecule is CCN(C[C@@H](O)COc1ccccc1)C(=O)c1cccc(-c2cn[nH]c2)c1. The van der Waals surface area contributed by atoms with Gasteiger partial charge in [0.15, 0.2) is 0 Å². The second-order valence-electron chi connectivity index (χ2n) is 6.19. The van der Waals surface area contributed by atoms with Crippen molar-refractivity contribution in [2.24, 2.45) is 0 Å². The molecule has 2 aromatic carbocycles. The third-order valence-electron chi connectivity index (χ3n) is 4.23. The van der Waals surface area contributed by atoms with Gasteiger partial charge in [-0.2, -0.15) is 5.10 Å². The topological polar surface area (TPSA) is 78.5 Å². The molecule has 6 nitrogen and oxygen atoms in total. The molecule has 0 aliphatic heterocycles. The van der Waals surface area contributed by atoms with E-state index in [1.54, 1.807) is 23.4 Å². The van der Waals surface area contributed by atoms with E-state index in [2.05, 4.69) is 10.2 Å². The first-order valence-corrected chi connectivity index (χ1v) is 8.91. The molecule has 0 saturated heterocycles. The van der Waals surface area contributed by atoms with Crippen LogP contribution in [0.4, 0.5) is 0 Å². The van der Waals surface area contributed by atoms with Crippen molar-refractivity contribution in [1.29, 1.82) is 0 Å². The maximum atomic E-state index is 12.9. The summed E-state index contributed by atoms with van der Waals surface area (Å²) in [5, 5.41) is 17.0. The number of likely N-dealkylation sites (N-methyl/N-ethyl adjacent to an activating group) is 1. The van der Waals surface area contributed by atoms with Crippen molar-refractivity contribution in [3.63, 3.8) is 0 Å². The van der Waals surface area contributed by atoms with Gasteiger partial charge in [-0.05, 0) is 36.8 Å². The number of nitrogens with one attached hydrogen (secondary N) is 1. The van der Waals surface area contributed by atoms with E-state index in [0.717, 1.165) is 11.1 Å². The Kier molecular flexibility index (Phi) is 6.22. The zero-order chi connectivity index (χ0) is 19.1. The fraction of sp³-hybridized carbons (Fsp3) is 0.238. The van der Waals surface area contributed by atoms with Gasteiger partial charge in [0.2, 0.25) is 0 Å². The van der Waals surface area contributed by atoms with Crippen LogP contribution in [-0.2, 0) is 0 Å². The molecule has 1 atom stereocenters. The molecule has 0 spiro atoms. The number of para-hydroxylation sites is 1. The molecule has 0 radical (unpaired) electrons. The lowest BCUT2D eigenvalue weighted by molar-refractivity contribution is 0.0514. The Balaban J connectivity index is 1.63. The van der Waals surface area contributed by atoms with Crippen molar-refractivity contribution in [2.75, 3.05) is 19.7 Å². The van der Waals surface area contributed by atoms with Crippen LogP contribution in [-0.4, -0.2) is 51.9 Å². The molecule has 1 aromatic heterocycles. The molecule has 3 aromatic rings. The first kappa shape index (κ1) is 18.7. The molecule has 0 saturated carbocycles. The minimum atomic E-state index is -0.772. The number of benzene rings is 2. The van der Waals surface area contributed by atoms with Gasteiger partial charge in [-0.15, -0.1) is 0 Å². The van der Waals surface area contributed by atoms with E-state index in [1.807, 2.05) is 55.5 Å². The average molecular weight is 365 g/mol. The van der Waals surface area contributed by atoms with Crippen LogP contribution in [0.15, 0.2) is 67.0 Å². The standard InChI is InChI=1S/C21H23N3O3/c1-2-24(14-19(25)15-27-20-9-4-3-5-10-20)21(26)17-8-6-7-16(11-17)18-12-22-23-13-18/h3-13,19,25H,2,14-15H2,1H3,(H,22,23)/t19-/m1/s1. The number of nitrogens with zero attached hydrogens (tertiary/aromatic N) is 2. The number of carbonyl (C=O) groups is 1. The number of aromatic nitrogens is 2. The average Bonchev–Trinajstić information content (AvgIpc) is 3.26. The minimum absolute atomic E-state index is 0.124. The van der Waals surface area contributed by atoms with Gasteiger partial charge >= 0.3 is 0 Å². The van der Waals surface area contributed by atoms with Crippen molar-refractivity contribution in [3.8, 4) is 16.9 Å². The maximum Gasteiger partial charge on any atom is 0.253 e. The van der Waals surface area contributed by atoms with Crippen LogP contribution in [0.1, 0.15) is 17.3 Å². The summed E-state index contributed by atoms with van der Waals surface area (Å²) in [6.07, 6.45) is 2.73. The summed E-state index contributed by atoms with van der Waals surface area (Å²) in [5.74, 6) is 0.570. The fourth-order valence-corrected chi connectivity index (χ4v) is 2.79. The van der Waals surface area contributed by atoms with Crippen molar-refractivity contribution in [3.05, 3.63) is 72.6 Å². The molecule has 140 valence electrons. The van der Waals surface area contributed by atoms with Crippen LogP contribution in [0.5, 0.6) is 5.75 Å². The lowest BCUT2D eigenvalue weighted by Crippen LogP contribution is -2.39. The predicted octanol–water partition coefficient (Wildman–Crippen LogP) is 2.98. The largest absolute Gasteiger partial charge is 0.491 e. The number of hydrogen-bond donors (Lipinski definition) is 2. The van der Waals surface area contributed by atoms with E-state index in [1.165, 1.54) is 0 Å². The lowest BCUT2D eigenvalue weighted by atomic mass is 10.1. The van der Waals surface area contributed by atoms with E-state index in [4.69, 9.17) is 4.74 Å². The molecular weight excluding hydrogens is 342 g/mol. The third kappa shape index (κ3) is 4.95. The molecule has 2 N–H and O–H groups in total. The summed E-state index contributed by atoms with van der Waals surface area (Å²) in [7, 11) is 0. The highest BCUT2D eigenvalue weighted by molar-refractivity contribution is 5.95. The summed E-state index contributed by atoms with van der Waals surface area (Å²) in [5.41, 5.74) is 2.41. The molecule has 1 heterocycles. The number of aliphatic hydroxyl groups excluding tert-OH is 1. The summed E-state index contributed by atoms with van der Waals surface area (Å²) in [6, 6.07) is 16.7. The number of hydrogen-bond acceptors (Lipinski definition) is 4. The number of aromatic amines is 1. The second-order valence-corrected chi connectivity index (χ2v) is 6.19. The zero-order valence-corrected chi connectivity index (χ0v) is 15.2. The summed E-state index contributed by atoms with van der Waals surface area (Å²) in [4.78, 5) is 14.5. The minimum Gasteiger partial charge on any atom is -0.491 e. The molecule has 0 unspecified atom stereocenters. The van der Waals surface area contributed by atoms with E-state index in [0.29, 0.717) is 17.9 Å². The number of H-pyrrole nitrogens is 1. The highest BCUT2D eigenvalue weighted by Crippen LogP contribution is 2.20. The maximum absolute atomic E-state index is 12.9. The quantitative estimate of drug-likeness (QED) is 0.643. The van der Waals surface area contributed by atoms with Gasteiger partial charge in [0, 0.05) is 23.9 Å². The van der Waals surface area contributed by atoms with Crippen LogP contribution in [0.2, 0.25) is 0 Å². The molecule has 1 amide bonds. The molecule has 0 aliphatic rings. The van der Waals surface area contributed by atoms with Crippen LogP contribution in [0, 0.1) is 0 Å². The first-order valence-electron chi connectivity index (χ1n) is 8.91. The zero-order valence-electron chi connectivity index (χ0n) is 15.2. The summed E-state index contributed by atoms with van der Waals surface area (Å²) < 4.78 is 5.57. The molecule has 0 fully saturated rings. The van der Waals surface area contributed by atoms with E-state index in [9.17, 15) is 9.90 Å². The normalized spacial score (nSPS) is 11.8. The highest BCUT2D eigenvalue weighted by Gasteiger charge is 2.19. The van der Waals surface area contributed by atoms with Gasteiger partial charge in [-0.1, -0.05) is 30.3 Å². The Labute approximate surface area is 158 Å². The van der Waals surface area contributed by atoms with Crippen LogP contribution in [0.25, 0.3) is 11.1 Å². The third-order valence-corrected chi connectivity index (χ3v) is 4.23. The number of ether oxygens (including phenoxy) is 1. The summed E-state index contributed by atoms with van der Waals surface area (Å²) in [6.45, 7) is 2.72. The number of aliphatic hydroxyl groups is 1. The summed E-state index contributed by atoms with van der Waals surface area (Å²) >= 11 is 0. The molecule has 3 rings (SSSR count). The van der Waals surface area contributed by atoms with E-state index >= 15 is 0 Å². The molecule has 6 heteroatoms. The van der Waals surface area contributed by atoms with E-state index in [-0.39, 0.29) is 19.1 Å². The first-order chi connectivity index (χ1) is 13.2. The van der Waals surface area contributed by atoms with Crippen LogP contribution < -0.4 is 4.74 Å². The molecular formula is C21H23N3O3. The van der Waals surface area contributed by atoms with Crippen molar-refractivity contribution < 1.29 is 14.6 Å². The highest BCUT2D eigenvalue weighted by atomic mass is 16.5. The number of carbonyl (C=O) groups excluding carboxylic acids is 1. The lowest BCUT2D eigenvalue weighted by Gasteiger charge is -2.24. The fourth-order valence-electron chi connectivity index (χ4n) is 2.79. The van der Waals surface area contributed by atoms with Gasteiger partial charge in [-0.3, -0.25) is 9.89 Å². The van der Waals surface area contributed by atoms with Gasteiger partial charge in [0.05, 0.1) is 12.7 Å². The monoisotopic (exact) mass is 365 g/mol. The smallest absolute Gasteiger partial charge is 0.253 e. The predicted molar refractivity (Wildman–Crippen MR) is 104 cm³/mol. The van der Waals surface area contributed by atoms with Crippen molar-refractivity contribution in [2.45, 2.75) is 13.0 Å². The van der Waals surface area contributed by atoms with Crippen molar-refractivity contribution >= 4 is 5.91 Å². The molecule has 0 aliphatic carbocycles.